The summed E-state index contributed by atoms with van der Waals surface area (Å²) in [6.07, 6.45) is 2.34. The zero-order valence-corrected chi connectivity index (χ0v) is 18.1. The van der Waals surface area contributed by atoms with Crippen LogP contribution in [0.4, 0.5) is 0 Å². The number of nitrogens with one attached hydrogen (secondary N) is 1. The number of nitrogens with zero attached hydrogens (tertiary/aromatic N) is 2. The molecule has 1 unspecified atom stereocenters. The van der Waals surface area contributed by atoms with E-state index in [1.165, 1.54) is 11.8 Å². The van der Waals surface area contributed by atoms with Gasteiger partial charge in [0.05, 0.1) is 12.9 Å². The molecule has 0 amide bonds. The van der Waals surface area contributed by atoms with Crippen LogP contribution in [-0.4, -0.2) is 52.8 Å². The van der Waals surface area contributed by atoms with Crippen LogP contribution in [0.15, 0.2) is 53.5 Å². The van der Waals surface area contributed by atoms with Crippen LogP contribution in [0.5, 0.6) is 5.75 Å². The quantitative estimate of drug-likeness (QED) is 0.580. The van der Waals surface area contributed by atoms with E-state index in [2.05, 4.69) is 27.3 Å². The monoisotopic (exact) mass is 415 g/mol. The first kappa shape index (κ1) is 21.2. The predicted octanol–water partition coefficient (Wildman–Crippen LogP) is 2.80. The third kappa shape index (κ3) is 5.97. The van der Waals surface area contributed by atoms with Crippen molar-refractivity contribution in [3.05, 3.63) is 65.2 Å². The van der Waals surface area contributed by atoms with Crippen LogP contribution in [-0.2, 0) is 22.1 Å². The molecule has 0 aliphatic carbocycles. The van der Waals surface area contributed by atoms with Crippen molar-refractivity contribution in [2.75, 3.05) is 33.5 Å². The molecule has 1 atom stereocenters. The topological polar surface area (TPSA) is 71.0 Å². The van der Waals surface area contributed by atoms with Crippen molar-refractivity contribution in [3.63, 3.8) is 0 Å². The Bertz CT molecular complexity index is 938. The van der Waals surface area contributed by atoms with Gasteiger partial charge < -0.3 is 15.0 Å². The lowest BCUT2D eigenvalue weighted by Crippen LogP contribution is -2.39. The number of ether oxygens (including phenoxy) is 1. The summed E-state index contributed by atoms with van der Waals surface area (Å²) in [7, 11) is 0.474. The largest absolute Gasteiger partial charge is 0.497 e. The average Bonchev–Trinajstić information content (AvgIpc) is 3.19. The Balaban J connectivity index is 1.55. The molecular weight excluding hydrogens is 386 g/mol. The summed E-state index contributed by atoms with van der Waals surface area (Å²) in [5.74, 6) is 2.32. The fourth-order valence-corrected chi connectivity index (χ4v) is 4.47. The molecule has 1 heterocycles. The number of guanidine groups is 1. The fourth-order valence-electron chi connectivity index (χ4n) is 3.67. The van der Waals surface area contributed by atoms with Crippen LogP contribution < -0.4 is 10.1 Å². The SMILES string of the molecule is CN=C(NCc1ccc(CS(C)(=O)=O)cc1)N1CCC(c2ccc(OC)cc2)C1. The van der Waals surface area contributed by atoms with E-state index >= 15 is 0 Å². The lowest BCUT2D eigenvalue weighted by molar-refractivity contribution is 0.414. The van der Waals surface area contributed by atoms with E-state index in [9.17, 15) is 8.42 Å². The molecule has 3 rings (SSSR count). The molecule has 0 saturated carbocycles. The minimum Gasteiger partial charge on any atom is -0.497 e. The van der Waals surface area contributed by atoms with Gasteiger partial charge in [-0.3, -0.25) is 4.99 Å². The van der Waals surface area contributed by atoms with Gasteiger partial charge in [-0.25, -0.2) is 8.42 Å². The molecule has 6 nitrogen and oxygen atoms in total. The minimum absolute atomic E-state index is 0.0723. The van der Waals surface area contributed by atoms with Crippen molar-refractivity contribution in [1.29, 1.82) is 0 Å². The van der Waals surface area contributed by atoms with E-state index in [1.54, 1.807) is 14.2 Å². The number of methoxy groups -OCH3 is 1. The van der Waals surface area contributed by atoms with E-state index in [0.29, 0.717) is 12.5 Å². The number of rotatable bonds is 6. The Morgan fingerprint density at radius 3 is 2.38 bits per heavy atom. The summed E-state index contributed by atoms with van der Waals surface area (Å²) in [5.41, 5.74) is 3.22. The van der Waals surface area contributed by atoms with E-state index < -0.39 is 9.84 Å². The molecule has 2 aromatic rings. The third-order valence-electron chi connectivity index (χ3n) is 5.19. The molecule has 29 heavy (non-hydrogen) atoms. The number of hydrogen-bond acceptors (Lipinski definition) is 4. The lowest BCUT2D eigenvalue weighted by atomic mass is 9.98. The predicted molar refractivity (Wildman–Crippen MR) is 117 cm³/mol. The maximum atomic E-state index is 11.4. The van der Waals surface area contributed by atoms with E-state index in [4.69, 9.17) is 4.74 Å². The molecule has 0 bridgehead atoms. The Hall–Kier alpha value is -2.54. The van der Waals surface area contributed by atoms with Gasteiger partial charge in [0.25, 0.3) is 0 Å². The van der Waals surface area contributed by atoms with Crippen molar-refractivity contribution >= 4 is 15.8 Å². The highest BCUT2D eigenvalue weighted by atomic mass is 32.2. The zero-order valence-electron chi connectivity index (χ0n) is 17.3. The fraction of sp³-hybridized carbons (Fsp3) is 0.409. The van der Waals surface area contributed by atoms with E-state index in [-0.39, 0.29) is 5.75 Å². The van der Waals surface area contributed by atoms with Crippen LogP contribution in [0.3, 0.4) is 0 Å². The van der Waals surface area contributed by atoms with Crippen molar-refractivity contribution in [1.82, 2.24) is 10.2 Å². The summed E-state index contributed by atoms with van der Waals surface area (Å²) in [6, 6.07) is 16.0. The highest BCUT2D eigenvalue weighted by Gasteiger charge is 2.26. The van der Waals surface area contributed by atoms with Crippen LogP contribution in [0.2, 0.25) is 0 Å². The molecule has 0 spiro atoms. The standard InChI is InChI=1S/C22H29N3O3S/c1-23-22(24-14-17-4-6-18(7-5-17)16-29(3,26)27)25-13-12-20(15-25)19-8-10-21(28-2)11-9-19/h4-11,20H,12-16H2,1-3H3,(H,23,24). The van der Waals surface area contributed by atoms with Gasteiger partial charge in [-0.1, -0.05) is 36.4 Å². The minimum atomic E-state index is -3.01. The van der Waals surface area contributed by atoms with Gasteiger partial charge in [-0.2, -0.15) is 0 Å². The summed E-state index contributed by atoms with van der Waals surface area (Å²) < 4.78 is 28.1. The van der Waals surface area contributed by atoms with Gasteiger partial charge in [0, 0.05) is 38.9 Å². The van der Waals surface area contributed by atoms with Crippen LogP contribution in [0, 0.1) is 0 Å². The second kappa shape index (κ2) is 9.31. The van der Waals surface area contributed by atoms with Crippen LogP contribution in [0.25, 0.3) is 0 Å². The molecule has 1 N–H and O–H groups in total. The highest BCUT2D eigenvalue weighted by molar-refractivity contribution is 7.89. The first-order valence-electron chi connectivity index (χ1n) is 9.73. The Labute approximate surface area is 173 Å². The Morgan fingerprint density at radius 2 is 1.79 bits per heavy atom. The molecule has 1 aliphatic rings. The molecule has 0 radical (unpaired) electrons. The molecule has 2 aromatic carbocycles. The third-order valence-corrected chi connectivity index (χ3v) is 6.05. The molecule has 0 aromatic heterocycles. The molecule has 1 fully saturated rings. The van der Waals surface area contributed by atoms with Gasteiger partial charge in [0.1, 0.15) is 5.75 Å². The van der Waals surface area contributed by atoms with Gasteiger partial charge in [-0.15, -0.1) is 0 Å². The van der Waals surface area contributed by atoms with Crippen molar-refractivity contribution in [3.8, 4) is 5.75 Å². The Morgan fingerprint density at radius 1 is 1.14 bits per heavy atom. The van der Waals surface area contributed by atoms with Crippen molar-refractivity contribution in [2.24, 2.45) is 4.99 Å². The zero-order chi connectivity index (χ0) is 20.9. The molecule has 156 valence electrons. The first-order valence-corrected chi connectivity index (χ1v) is 11.8. The van der Waals surface area contributed by atoms with Gasteiger partial charge in [-0.05, 0) is 35.2 Å². The second-order valence-electron chi connectivity index (χ2n) is 7.49. The lowest BCUT2D eigenvalue weighted by Gasteiger charge is -2.22. The first-order chi connectivity index (χ1) is 13.9. The van der Waals surface area contributed by atoms with E-state index in [0.717, 1.165) is 42.3 Å². The average molecular weight is 416 g/mol. The summed E-state index contributed by atoms with van der Waals surface area (Å²) in [4.78, 5) is 6.72. The number of likely N-dealkylation sites (tertiary alicyclic amines) is 1. The van der Waals surface area contributed by atoms with Crippen molar-refractivity contribution < 1.29 is 13.2 Å². The smallest absolute Gasteiger partial charge is 0.193 e. The second-order valence-corrected chi connectivity index (χ2v) is 9.63. The number of sulfone groups is 1. The molecule has 1 aliphatic heterocycles. The van der Waals surface area contributed by atoms with Gasteiger partial charge in [0.2, 0.25) is 0 Å². The number of benzene rings is 2. The van der Waals surface area contributed by atoms with Crippen molar-refractivity contribution in [2.45, 2.75) is 24.6 Å². The number of aliphatic imine (C=N–C) groups is 1. The maximum absolute atomic E-state index is 11.4. The summed E-state index contributed by atoms with van der Waals surface area (Å²) in [6.45, 7) is 2.54. The van der Waals surface area contributed by atoms with Gasteiger partial charge >= 0.3 is 0 Å². The summed E-state index contributed by atoms with van der Waals surface area (Å²) >= 11 is 0. The normalized spacial score (nSPS) is 17.4. The molecule has 1 saturated heterocycles. The Kier molecular flexibility index (Phi) is 6.79. The van der Waals surface area contributed by atoms with Gasteiger partial charge in [0.15, 0.2) is 15.8 Å². The molecular formula is C22H29N3O3S. The number of hydrogen-bond donors (Lipinski definition) is 1. The highest BCUT2D eigenvalue weighted by Crippen LogP contribution is 2.28. The summed E-state index contributed by atoms with van der Waals surface area (Å²) in [5, 5.41) is 3.42. The molecule has 7 heteroatoms. The van der Waals surface area contributed by atoms with Crippen LogP contribution in [0.1, 0.15) is 29.0 Å². The van der Waals surface area contributed by atoms with Crippen LogP contribution >= 0.6 is 0 Å². The van der Waals surface area contributed by atoms with E-state index in [1.807, 2.05) is 36.4 Å². The maximum Gasteiger partial charge on any atom is 0.193 e.